The Morgan fingerprint density at radius 2 is 2.00 bits per heavy atom. The number of nitrogen functional groups attached to an aromatic ring is 1. The van der Waals surface area contributed by atoms with E-state index in [4.69, 9.17) is 5.73 Å². The van der Waals surface area contributed by atoms with Crippen molar-refractivity contribution in [2.24, 2.45) is 0 Å². The Balaban J connectivity index is 3.07. The average Bonchev–Trinajstić information content (AvgIpc) is 2.11. The highest BCUT2D eigenvalue weighted by Gasteiger charge is 2.11. The van der Waals surface area contributed by atoms with Crippen molar-refractivity contribution in [2.75, 3.05) is 5.73 Å². The van der Waals surface area contributed by atoms with Gasteiger partial charge in [0, 0.05) is 11.3 Å². The molecule has 1 unspecified atom stereocenters. The maximum atomic E-state index is 9.87. The summed E-state index contributed by atoms with van der Waals surface area (Å²) in [5, 5.41) is 9.87. The minimum absolute atomic E-state index is 0.418. The van der Waals surface area contributed by atoms with Gasteiger partial charge in [-0.3, -0.25) is 0 Å². The molecular formula is C12H19NO. The second-order valence-corrected chi connectivity index (χ2v) is 3.89. The summed E-state index contributed by atoms with van der Waals surface area (Å²) < 4.78 is 0. The molecule has 0 spiro atoms. The molecule has 0 heterocycles. The Hall–Kier alpha value is -1.02. The van der Waals surface area contributed by atoms with Gasteiger partial charge in [-0.05, 0) is 25.8 Å². The van der Waals surface area contributed by atoms with Crippen LogP contribution in [0.3, 0.4) is 0 Å². The molecule has 1 atom stereocenters. The zero-order chi connectivity index (χ0) is 10.7. The number of anilines is 1. The first-order valence-electron chi connectivity index (χ1n) is 5.11. The summed E-state index contributed by atoms with van der Waals surface area (Å²) in [7, 11) is 0. The number of hydrogen-bond acceptors (Lipinski definition) is 2. The lowest BCUT2D eigenvalue weighted by Gasteiger charge is -2.15. The topological polar surface area (TPSA) is 46.2 Å². The Morgan fingerprint density at radius 1 is 1.36 bits per heavy atom. The van der Waals surface area contributed by atoms with Gasteiger partial charge in [-0.25, -0.2) is 0 Å². The van der Waals surface area contributed by atoms with E-state index in [1.54, 1.807) is 0 Å². The fraction of sp³-hybridized carbons (Fsp3) is 0.500. The summed E-state index contributed by atoms with van der Waals surface area (Å²) in [5.41, 5.74) is 9.74. The summed E-state index contributed by atoms with van der Waals surface area (Å²) in [6, 6.07) is 4.01. The molecule has 0 fully saturated rings. The molecule has 0 bridgehead atoms. The number of aryl methyl sites for hydroxylation is 2. The normalized spacial score (nSPS) is 12.9. The first kappa shape index (κ1) is 11.1. The third-order valence-electron chi connectivity index (χ3n) is 2.48. The van der Waals surface area contributed by atoms with Crippen LogP contribution in [0.1, 0.15) is 42.6 Å². The zero-order valence-electron chi connectivity index (χ0n) is 9.17. The summed E-state index contributed by atoms with van der Waals surface area (Å²) in [4.78, 5) is 0. The van der Waals surface area contributed by atoms with Gasteiger partial charge in [-0.2, -0.15) is 0 Å². The van der Waals surface area contributed by atoms with Crippen LogP contribution in [0, 0.1) is 13.8 Å². The summed E-state index contributed by atoms with van der Waals surface area (Å²) in [6.07, 6.45) is 1.32. The van der Waals surface area contributed by atoms with E-state index in [0.29, 0.717) is 0 Å². The predicted molar refractivity (Wildman–Crippen MR) is 60.2 cm³/mol. The average molecular weight is 193 g/mol. The highest BCUT2D eigenvalue weighted by atomic mass is 16.3. The molecule has 0 amide bonds. The van der Waals surface area contributed by atoms with Crippen LogP contribution < -0.4 is 5.73 Å². The molecule has 0 radical (unpaired) electrons. The van der Waals surface area contributed by atoms with Crippen LogP contribution >= 0.6 is 0 Å². The lowest BCUT2D eigenvalue weighted by Crippen LogP contribution is -2.04. The molecule has 3 N–H and O–H groups in total. The van der Waals surface area contributed by atoms with E-state index < -0.39 is 6.10 Å². The Morgan fingerprint density at radius 3 is 2.57 bits per heavy atom. The monoisotopic (exact) mass is 193 g/mol. The molecule has 0 aliphatic carbocycles. The van der Waals surface area contributed by atoms with E-state index >= 15 is 0 Å². The van der Waals surface area contributed by atoms with Crippen molar-refractivity contribution >= 4 is 5.69 Å². The molecule has 0 saturated heterocycles. The predicted octanol–water partition coefficient (Wildman–Crippen LogP) is 2.72. The summed E-state index contributed by atoms with van der Waals surface area (Å²) in [5.74, 6) is 0. The summed E-state index contributed by atoms with van der Waals surface area (Å²) in [6.45, 7) is 6.06. The maximum absolute atomic E-state index is 9.87. The Kier molecular flexibility index (Phi) is 3.53. The van der Waals surface area contributed by atoms with Crippen molar-refractivity contribution in [3.05, 3.63) is 28.8 Å². The van der Waals surface area contributed by atoms with E-state index in [-0.39, 0.29) is 0 Å². The van der Waals surface area contributed by atoms with Gasteiger partial charge >= 0.3 is 0 Å². The van der Waals surface area contributed by atoms with Crippen LogP contribution in [-0.2, 0) is 0 Å². The Labute approximate surface area is 85.8 Å². The van der Waals surface area contributed by atoms with Gasteiger partial charge in [0.1, 0.15) is 0 Å². The smallest absolute Gasteiger partial charge is 0.0810 e. The second-order valence-electron chi connectivity index (χ2n) is 3.89. The first-order chi connectivity index (χ1) is 6.56. The molecule has 1 rings (SSSR count). The van der Waals surface area contributed by atoms with Gasteiger partial charge in [0.05, 0.1) is 6.10 Å². The first-order valence-corrected chi connectivity index (χ1v) is 5.11. The number of aliphatic hydroxyl groups excluding tert-OH is 1. The van der Waals surface area contributed by atoms with Crippen molar-refractivity contribution in [1.82, 2.24) is 0 Å². The highest BCUT2D eigenvalue weighted by Crippen LogP contribution is 2.27. The molecule has 1 aromatic carbocycles. The Bertz CT molecular complexity index is 320. The second kappa shape index (κ2) is 4.47. The maximum Gasteiger partial charge on any atom is 0.0810 e. The number of hydrogen-bond donors (Lipinski definition) is 2. The number of nitrogens with two attached hydrogens (primary N) is 1. The lowest BCUT2D eigenvalue weighted by molar-refractivity contribution is 0.167. The van der Waals surface area contributed by atoms with Gasteiger partial charge in [0.25, 0.3) is 0 Å². The molecule has 78 valence electrons. The highest BCUT2D eigenvalue weighted by molar-refractivity contribution is 5.55. The molecule has 0 aromatic heterocycles. The molecule has 2 heteroatoms. The van der Waals surface area contributed by atoms with Crippen molar-refractivity contribution in [3.63, 3.8) is 0 Å². The standard InChI is InChI=1S/C12H19NO/c1-4-5-11(14)10-7-8(2)6-9(3)12(10)13/h6-7,11,14H,4-5,13H2,1-3H3. The molecule has 2 nitrogen and oxygen atoms in total. The van der Waals surface area contributed by atoms with Crippen molar-refractivity contribution in [3.8, 4) is 0 Å². The quantitative estimate of drug-likeness (QED) is 0.725. The van der Waals surface area contributed by atoms with Crippen LogP contribution in [-0.4, -0.2) is 5.11 Å². The van der Waals surface area contributed by atoms with Crippen LogP contribution in [0.25, 0.3) is 0 Å². The molecular weight excluding hydrogens is 174 g/mol. The van der Waals surface area contributed by atoms with Gasteiger partial charge in [-0.15, -0.1) is 0 Å². The summed E-state index contributed by atoms with van der Waals surface area (Å²) >= 11 is 0. The van der Waals surface area contributed by atoms with Crippen LogP contribution in [0.4, 0.5) is 5.69 Å². The number of rotatable bonds is 3. The van der Waals surface area contributed by atoms with Gasteiger partial charge in [0.15, 0.2) is 0 Å². The van der Waals surface area contributed by atoms with Gasteiger partial charge < -0.3 is 10.8 Å². The van der Waals surface area contributed by atoms with E-state index in [9.17, 15) is 5.11 Å². The molecule has 1 aromatic rings. The molecule has 0 aliphatic heterocycles. The van der Waals surface area contributed by atoms with Crippen molar-refractivity contribution in [2.45, 2.75) is 39.7 Å². The van der Waals surface area contributed by atoms with E-state index in [1.165, 1.54) is 0 Å². The van der Waals surface area contributed by atoms with E-state index in [0.717, 1.165) is 35.2 Å². The molecule has 14 heavy (non-hydrogen) atoms. The largest absolute Gasteiger partial charge is 0.398 e. The van der Waals surface area contributed by atoms with Gasteiger partial charge in [0.2, 0.25) is 0 Å². The zero-order valence-corrected chi connectivity index (χ0v) is 9.17. The fourth-order valence-electron chi connectivity index (χ4n) is 1.72. The lowest BCUT2D eigenvalue weighted by atomic mass is 9.98. The van der Waals surface area contributed by atoms with E-state index in [2.05, 4.69) is 6.92 Å². The number of aliphatic hydroxyl groups is 1. The van der Waals surface area contributed by atoms with Crippen molar-refractivity contribution < 1.29 is 5.11 Å². The third-order valence-corrected chi connectivity index (χ3v) is 2.48. The minimum atomic E-state index is -0.418. The van der Waals surface area contributed by atoms with Crippen LogP contribution in [0.15, 0.2) is 12.1 Å². The van der Waals surface area contributed by atoms with Crippen LogP contribution in [0.2, 0.25) is 0 Å². The SMILES string of the molecule is CCCC(O)c1cc(C)cc(C)c1N. The third kappa shape index (κ3) is 2.26. The van der Waals surface area contributed by atoms with Gasteiger partial charge in [-0.1, -0.05) is 31.0 Å². The molecule has 0 saturated carbocycles. The fourth-order valence-corrected chi connectivity index (χ4v) is 1.72. The van der Waals surface area contributed by atoms with Crippen LogP contribution in [0.5, 0.6) is 0 Å². The number of benzene rings is 1. The minimum Gasteiger partial charge on any atom is -0.398 e. The molecule has 0 aliphatic rings. The van der Waals surface area contributed by atoms with Crippen molar-refractivity contribution in [1.29, 1.82) is 0 Å². The van der Waals surface area contributed by atoms with E-state index in [1.807, 2.05) is 26.0 Å².